The molecular formula is C26H23Cl2FN6O4S. The Bertz CT molecular complexity index is 1720. The molecule has 2 amide bonds. The largest absolute Gasteiger partial charge is 0.338 e. The van der Waals surface area contributed by atoms with Crippen molar-refractivity contribution in [2.75, 3.05) is 18.4 Å². The predicted octanol–water partition coefficient (Wildman–Crippen LogP) is 4.76. The molecule has 4 aromatic rings. The van der Waals surface area contributed by atoms with Crippen molar-refractivity contribution >= 4 is 62.2 Å². The molecule has 1 aliphatic rings. The summed E-state index contributed by atoms with van der Waals surface area (Å²) in [6.07, 6.45) is 3.66. The van der Waals surface area contributed by atoms with Crippen LogP contribution in [0, 0.1) is 5.82 Å². The average Bonchev–Trinajstić information content (AvgIpc) is 3.37. The molecule has 0 aliphatic carbocycles. The van der Waals surface area contributed by atoms with E-state index < -0.39 is 15.9 Å². The summed E-state index contributed by atoms with van der Waals surface area (Å²) in [7, 11) is -4.28. The zero-order valence-corrected chi connectivity index (χ0v) is 23.4. The van der Waals surface area contributed by atoms with Gasteiger partial charge in [0.15, 0.2) is 10.5 Å². The smallest absolute Gasteiger partial charge is 0.269 e. The molecule has 10 nitrogen and oxygen atoms in total. The maximum Gasteiger partial charge on any atom is 0.269 e. The Morgan fingerprint density at radius 2 is 1.75 bits per heavy atom. The van der Waals surface area contributed by atoms with Gasteiger partial charge in [0.05, 0.1) is 21.9 Å². The number of benzene rings is 2. The van der Waals surface area contributed by atoms with Crippen LogP contribution in [0.3, 0.4) is 0 Å². The molecule has 2 N–H and O–H groups in total. The summed E-state index contributed by atoms with van der Waals surface area (Å²) in [6.45, 7) is 1.95. The van der Waals surface area contributed by atoms with Gasteiger partial charge in [-0.1, -0.05) is 41.4 Å². The number of fused-ring (bicyclic) bond motifs is 1. The molecule has 208 valence electrons. The van der Waals surface area contributed by atoms with Gasteiger partial charge in [-0.15, -0.1) is 0 Å². The van der Waals surface area contributed by atoms with Gasteiger partial charge in [0.25, 0.3) is 15.9 Å². The minimum Gasteiger partial charge on any atom is -0.338 e. The monoisotopic (exact) mass is 604 g/mol. The van der Waals surface area contributed by atoms with Gasteiger partial charge < -0.3 is 10.2 Å². The van der Waals surface area contributed by atoms with Gasteiger partial charge in [-0.25, -0.2) is 22.5 Å². The normalized spacial score (nSPS) is 14.3. The van der Waals surface area contributed by atoms with Crippen molar-refractivity contribution in [3.05, 3.63) is 81.8 Å². The van der Waals surface area contributed by atoms with Crippen molar-refractivity contribution in [2.45, 2.75) is 30.6 Å². The number of nitrogens with zero attached hydrogens (tertiary/aromatic N) is 4. The van der Waals surface area contributed by atoms with Crippen LogP contribution in [0.25, 0.3) is 5.65 Å². The minimum atomic E-state index is -4.28. The van der Waals surface area contributed by atoms with Crippen molar-refractivity contribution in [1.29, 1.82) is 0 Å². The van der Waals surface area contributed by atoms with Crippen molar-refractivity contribution in [2.24, 2.45) is 0 Å². The van der Waals surface area contributed by atoms with E-state index in [0.29, 0.717) is 31.6 Å². The van der Waals surface area contributed by atoms with Gasteiger partial charge in [-0.05, 0) is 48.6 Å². The van der Waals surface area contributed by atoms with Crippen molar-refractivity contribution in [3.8, 4) is 0 Å². The predicted molar refractivity (Wildman–Crippen MR) is 148 cm³/mol. The first-order valence-electron chi connectivity index (χ1n) is 12.2. The van der Waals surface area contributed by atoms with Gasteiger partial charge >= 0.3 is 0 Å². The average molecular weight is 605 g/mol. The number of hydrogen-bond acceptors (Lipinski definition) is 7. The molecule has 1 fully saturated rings. The summed E-state index contributed by atoms with van der Waals surface area (Å²) < 4.78 is 41.9. The van der Waals surface area contributed by atoms with Crippen molar-refractivity contribution in [3.63, 3.8) is 0 Å². The molecule has 0 unspecified atom stereocenters. The van der Waals surface area contributed by atoms with E-state index in [1.807, 2.05) is 4.72 Å². The Kier molecular flexibility index (Phi) is 7.67. The Balaban J connectivity index is 1.51. The van der Waals surface area contributed by atoms with Crippen LogP contribution in [0.15, 0.2) is 59.8 Å². The number of piperidine rings is 1. The van der Waals surface area contributed by atoms with Crippen LogP contribution in [0.4, 0.5) is 15.9 Å². The summed E-state index contributed by atoms with van der Waals surface area (Å²) in [6, 6.07) is 11.3. The lowest BCUT2D eigenvalue weighted by Gasteiger charge is -2.32. The molecule has 0 atom stereocenters. The quantitative estimate of drug-likeness (QED) is 0.325. The molecule has 40 heavy (non-hydrogen) atoms. The first-order valence-corrected chi connectivity index (χ1v) is 14.4. The van der Waals surface area contributed by atoms with Crippen molar-refractivity contribution < 1.29 is 22.4 Å². The number of amides is 2. The fraction of sp³-hybridized carbons (Fsp3) is 0.231. The van der Waals surface area contributed by atoms with Crippen LogP contribution in [0.1, 0.15) is 41.6 Å². The molecule has 5 rings (SSSR count). The molecule has 0 radical (unpaired) electrons. The molecule has 1 aliphatic heterocycles. The molecule has 3 heterocycles. The maximum absolute atomic E-state index is 13.8. The van der Waals surface area contributed by atoms with E-state index in [9.17, 15) is 22.4 Å². The highest BCUT2D eigenvalue weighted by atomic mass is 35.5. The fourth-order valence-corrected chi connectivity index (χ4v) is 6.07. The second kappa shape index (κ2) is 11.0. The van der Waals surface area contributed by atoms with Crippen molar-refractivity contribution in [1.82, 2.24) is 24.2 Å². The highest BCUT2D eigenvalue weighted by Crippen LogP contribution is 2.34. The second-order valence-corrected chi connectivity index (χ2v) is 11.7. The highest BCUT2D eigenvalue weighted by molar-refractivity contribution is 7.90. The lowest BCUT2D eigenvalue weighted by molar-refractivity contribution is -0.117. The van der Waals surface area contributed by atoms with Gasteiger partial charge in [0, 0.05) is 26.2 Å². The molecule has 2 aromatic heterocycles. The molecule has 0 bridgehead atoms. The van der Waals surface area contributed by atoms with Crippen LogP contribution in [-0.2, 0) is 14.8 Å². The number of sulfonamides is 1. The number of rotatable bonds is 6. The van der Waals surface area contributed by atoms with E-state index in [0.717, 1.165) is 18.7 Å². The number of nitrogens with one attached hydrogen (secondary N) is 2. The molecule has 14 heteroatoms. The van der Waals surface area contributed by atoms with Crippen LogP contribution in [0.2, 0.25) is 10.0 Å². The lowest BCUT2D eigenvalue weighted by atomic mass is 9.89. The SMILES string of the molecule is CC(=O)NS(=O)(=O)c1cnn2c(Nc3cccc(Cl)c3Cl)c(C(=O)N3CCC(c4ccc(F)cc4)CC3)cnc12. The Labute approximate surface area is 239 Å². The first kappa shape index (κ1) is 27.8. The van der Waals surface area contributed by atoms with E-state index in [1.165, 1.54) is 22.8 Å². The second-order valence-electron chi connectivity index (χ2n) is 9.27. The van der Waals surface area contributed by atoms with E-state index in [2.05, 4.69) is 15.4 Å². The lowest BCUT2D eigenvalue weighted by Crippen LogP contribution is -2.38. The summed E-state index contributed by atoms with van der Waals surface area (Å²) >= 11 is 12.6. The van der Waals surface area contributed by atoms with Gasteiger partial charge in [-0.2, -0.15) is 9.61 Å². The zero-order chi connectivity index (χ0) is 28.6. The first-order chi connectivity index (χ1) is 19.0. The Morgan fingerprint density at radius 3 is 2.42 bits per heavy atom. The maximum atomic E-state index is 13.8. The number of likely N-dealkylation sites (tertiary alicyclic amines) is 1. The van der Waals surface area contributed by atoms with Crippen LogP contribution < -0.4 is 10.0 Å². The number of hydrogen-bond donors (Lipinski definition) is 2. The zero-order valence-electron chi connectivity index (χ0n) is 21.1. The third kappa shape index (κ3) is 5.47. The number of aromatic nitrogens is 3. The highest BCUT2D eigenvalue weighted by Gasteiger charge is 2.30. The van der Waals surface area contributed by atoms with E-state index in [1.54, 1.807) is 35.2 Å². The Hall–Kier alpha value is -3.74. The van der Waals surface area contributed by atoms with Gasteiger partial charge in [-0.3, -0.25) is 9.59 Å². The molecule has 0 spiro atoms. The van der Waals surface area contributed by atoms with Gasteiger partial charge in [0.1, 0.15) is 17.2 Å². The topological polar surface area (TPSA) is 126 Å². The molecule has 2 aromatic carbocycles. The Morgan fingerprint density at radius 1 is 1.05 bits per heavy atom. The fourth-order valence-electron chi connectivity index (χ4n) is 4.67. The van der Waals surface area contributed by atoms with Crippen LogP contribution >= 0.6 is 23.2 Å². The summed E-state index contributed by atoms with van der Waals surface area (Å²) in [5.41, 5.74) is 1.38. The third-order valence-electron chi connectivity index (χ3n) is 6.62. The molecule has 0 saturated carbocycles. The van der Waals surface area contributed by atoms with E-state index in [-0.39, 0.29) is 49.6 Å². The molecule has 1 saturated heterocycles. The molecular weight excluding hydrogens is 582 g/mol. The standard InChI is InChI=1S/C26H23Cl2FN6O4S/c1-15(36)33-40(38,39)22-14-31-35-24(32-21-4-2-3-20(27)23(21)28)19(13-30-25(22)35)26(37)34-11-9-17(10-12-34)16-5-7-18(29)8-6-16/h2-8,13-14,17,32H,9-12H2,1H3,(H,33,36). The number of carbonyl (C=O) groups excluding carboxylic acids is 2. The number of halogens is 3. The van der Waals surface area contributed by atoms with Crippen LogP contribution in [0.5, 0.6) is 0 Å². The van der Waals surface area contributed by atoms with Crippen LogP contribution in [-0.4, -0.2) is 52.8 Å². The van der Waals surface area contributed by atoms with Gasteiger partial charge in [0.2, 0.25) is 5.91 Å². The minimum absolute atomic E-state index is 0.110. The van der Waals surface area contributed by atoms with E-state index in [4.69, 9.17) is 23.2 Å². The summed E-state index contributed by atoms with van der Waals surface area (Å²) in [5.74, 6) is -1.13. The van der Waals surface area contributed by atoms with E-state index >= 15 is 0 Å². The number of carbonyl (C=O) groups is 2. The third-order valence-corrected chi connectivity index (χ3v) is 8.86. The number of anilines is 2. The summed E-state index contributed by atoms with van der Waals surface area (Å²) in [4.78, 5) is 30.8. The summed E-state index contributed by atoms with van der Waals surface area (Å²) in [5, 5.41) is 7.69.